The van der Waals surface area contributed by atoms with Gasteiger partial charge < -0.3 is 19.5 Å². The van der Waals surface area contributed by atoms with Crippen LogP contribution in [0.3, 0.4) is 0 Å². The molecular formula is C17H33NO3. The molecule has 4 nitrogen and oxygen atoms in total. The van der Waals surface area contributed by atoms with Crippen LogP contribution in [0.4, 0.5) is 0 Å². The van der Waals surface area contributed by atoms with E-state index in [1.54, 1.807) is 0 Å². The first-order chi connectivity index (χ1) is 10.0. The fraction of sp³-hybridized carbons (Fsp3) is 1.00. The highest BCUT2D eigenvalue weighted by Gasteiger charge is 2.42. The Bertz CT molecular complexity index is 308. The number of rotatable bonds is 6. The van der Waals surface area contributed by atoms with Crippen LogP contribution in [0.2, 0.25) is 0 Å². The highest BCUT2D eigenvalue weighted by atomic mass is 16.5. The van der Waals surface area contributed by atoms with Crippen LogP contribution in [-0.2, 0) is 14.2 Å². The third-order valence-corrected chi connectivity index (χ3v) is 5.23. The maximum Gasteiger partial charge on any atom is 0.0729 e. The average Bonchev–Trinajstić information content (AvgIpc) is 2.47. The van der Waals surface area contributed by atoms with Crippen LogP contribution >= 0.6 is 0 Å². The van der Waals surface area contributed by atoms with Crippen molar-refractivity contribution in [1.29, 1.82) is 0 Å². The topological polar surface area (TPSA) is 39.7 Å². The smallest absolute Gasteiger partial charge is 0.0729 e. The lowest BCUT2D eigenvalue weighted by Gasteiger charge is -2.46. The molecule has 2 unspecified atom stereocenters. The number of nitrogens with one attached hydrogen (secondary N) is 1. The summed E-state index contributed by atoms with van der Waals surface area (Å²) in [6.45, 7) is 10.2. The van der Waals surface area contributed by atoms with Gasteiger partial charge in [0.15, 0.2) is 0 Å². The van der Waals surface area contributed by atoms with E-state index in [0.717, 1.165) is 58.5 Å². The molecule has 124 valence electrons. The van der Waals surface area contributed by atoms with Gasteiger partial charge in [0, 0.05) is 33.0 Å². The van der Waals surface area contributed by atoms with Crippen LogP contribution < -0.4 is 5.32 Å². The first-order valence-electron chi connectivity index (χ1n) is 8.50. The summed E-state index contributed by atoms with van der Waals surface area (Å²) in [7, 11) is 1.81. The fourth-order valence-electron chi connectivity index (χ4n) is 3.78. The highest BCUT2D eigenvalue weighted by Crippen LogP contribution is 2.39. The normalized spacial score (nSPS) is 27.7. The zero-order valence-electron chi connectivity index (χ0n) is 14.2. The van der Waals surface area contributed by atoms with Crippen molar-refractivity contribution in [1.82, 2.24) is 5.32 Å². The van der Waals surface area contributed by atoms with Gasteiger partial charge in [-0.1, -0.05) is 6.92 Å². The van der Waals surface area contributed by atoms with E-state index in [-0.39, 0.29) is 11.2 Å². The molecule has 0 amide bonds. The summed E-state index contributed by atoms with van der Waals surface area (Å²) in [5.41, 5.74) is 0.0000327. The molecular weight excluding hydrogens is 266 g/mol. The van der Waals surface area contributed by atoms with Crippen LogP contribution in [0.15, 0.2) is 0 Å². The van der Waals surface area contributed by atoms with Crippen molar-refractivity contribution in [3.8, 4) is 0 Å². The van der Waals surface area contributed by atoms with E-state index in [0.29, 0.717) is 12.0 Å². The van der Waals surface area contributed by atoms with Gasteiger partial charge in [-0.3, -0.25) is 0 Å². The molecule has 0 bridgehead atoms. The largest absolute Gasteiger partial charge is 0.381 e. The maximum absolute atomic E-state index is 6.18. The van der Waals surface area contributed by atoms with Gasteiger partial charge >= 0.3 is 0 Å². The second-order valence-corrected chi connectivity index (χ2v) is 7.23. The summed E-state index contributed by atoms with van der Waals surface area (Å²) >= 11 is 0. The molecule has 0 aromatic carbocycles. The second-order valence-electron chi connectivity index (χ2n) is 7.23. The van der Waals surface area contributed by atoms with Crippen molar-refractivity contribution in [2.24, 2.45) is 5.92 Å². The molecule has 1 spiro atoms. The number of hydrogen-bond donors (Lipinski definition) is 1. The van der Waals surface area contributed by atoms with Crippen molar-refractivity contribution in [2.75, 3.05) is 33.5 Å². The molecule has 0 aromatic rings. The van der Waals surface area contributed by atoms with Gasteiger partial charge in [0.25, 0.3) is 0 Å². The van der Waals surface area contributed by atoms with Crippen molar-refractivity contribution in [2.45, 2.75) is 70.1 Å². The molecule has 0 aliphatic carbocycles. The Hall–Kier alpha value is -0.160. The van der Waals surface area contributed by atoms with E-state index in [2.05, 4.69) is 26.1 Å². The molecule has 2 aliphatic rings. The lowest BCUT2D eigenvalue weighted by Crippen LogP contribution is -2.51. The first kappa shape index (κ1) is 17.2. The van der Waals surface area contributed by atoms with Crippen molar-refractivity contribution in [3.05, 3.63) is 0 Å². The Labute approximate surface area is 129 Å². The van der Waals surface area contributed by atoms with Crippen LogP contribution in [0.1, 0.15) is 52.9 Å². The Balaban J connectivity index is 2.01. The van der Waals surface area contributed by atoms with Crippen LogP contribution in [-0.4, -0.2) is 50.7 Å². The highest BCUT2D eigenvalue weighted by molar-refractivity contribution is 4.94. The minimum absolute atomic E-state index is 0.0754. The SMILES string of the molecule is CCNC(CC(C)(C)OC)C1CCOC2(CCOCC2)C1. The Morgan fingerprint density at radius 2 is 2.00 bits per heavy atom. The third-order valence-electron chi connectivity index (χ3n) is 5.23. The van der Waals surface area contributed by atoms with E-state index in [1.807, 2.05) is 7.11 Å². The van der Waals surface area contributed by atoms with Gasteiger partial charge in [0.05, 0.1) is 11.2 Å². The molecule has 2 atom stereocenters. The summed E-state index contributed by atoms with van der Waals surface area (Å²) < 4.78 is 17.4. The maximum atomic E-state index is 6.18. The van der Waals surface area contributed by atoms with E-state index in [9.17, 15) is 0 Å². The van der Waals surface area contributed by atoms with Gasteiger partial charge in [0.1, 0.15) is 0 Å². The zero-order chi connectivity index (χ0) is 15.3. The summed E-state index contributed by atoms with van der Waals surface area (Å²) in [5, 5.41) is 3.70. The molecule has 2 rings (SSSR count). The number of methoxy groups -OCH3 is 1. The minimum atomic E-state index is -0.0754. The summed E-state index contributed by atoms with van der Waals surface area (Å²) in [6, 6.07) is 0.508. The first-order valence-corrected chi connectivity index (χ1v) is 8.50. The molecule has 2 fully saturated rings. The predicted octanol–water partition coefficient (Wildman–Crippen LogP) is 2.76. The molecule has 0 radical (unpaired) electrons. The van der Waals surface area contributed by atoms with Crippen molar-refractivity contribution < 1.29 is 14.2 Å². The van der Waals surface area contributed by atoms with Crippen molar-refractivity contribution >= 4 is 0 Å². The Kier molecular flexibility index (Phi) is 6.06. The quantitative estimate of drug-likeness (QED) is 0.818. The van der Waals surface area contributed by atoms with Crippen LogP contribution in [0.25, 0.3) is 0 Å². The molecule has 0 aromatic heterocycles. The summed E-state index contributed by atoms with van der Waals surface area (Å²) in [6.07, 6.45) is 5.47. The van der Waals surface area contributed by atoms with Gasteiger partial charge in [0.2, 0.25) is 0 Å². The van der Waals surface area contributed by atoms with Crippen molar-refractivity contribution in [3.63, 3.8) is 0 Å². The minimum Gasteiger partial charge on any atom is -0.381 e. The monoisotopic (exact) mass is 299 g/mol. The Morgan fingerprint density at radius 1 is 1.29 bits per heavy atom. The van der Waals surface area contributed by atoms with E-state index in [1.165, 1.54) is 0 Å². The zero-order valence-corrected chi connectivity index (χ0v) is 14.2. The van der Waals surface area contributed by atoms with Gasteiger partial charge in [-0.15, -0.1) is 0 Å². The average molecular weight is 299 g/mol. The van der Waals surface area contributed by atoms with Gasteiger partial charge in [-0.05, 0) is 58.4 Å². The third kappa shape index (κ3) is 4.65. The lowest BCUT2D eigenvalue weighted by atomic mass is 9.75. The van der Waals surface area contributed by atoms with Crippen LogP contribution in [0.5, 0.6) is 0 Å². The fourth-order valence-corrected chi connectivity index (χ4v) is 3.78. The molecule has 4 heteroatoms. The summed E-state index contributed by atoms with van der Waals surface area (Å²) in [4.78, 5) is 0. The van der Waals surface area contributed by atoms with E-state index >= 15 is 0 Å². The molecule has 0 saturated carbocycles. The van der Waals surface area contributed by atoms with E-state index in [4.69, 9.17) is 14.2 Å². The molecule has 21 heavy (non-hydrogen) atoms. The molecule has 2 saturated heterocycles. The van der Waals surface area contributed by atoms with Gasteiger partial charge in [-0.2, -0.15) is 0 Å². The summed E-state index contributed by atoms with van der Waals surface area (Å²) in [5.74, 6) is 0.672. The predicted molar refractivity (Wildman–Crippen MR) is 84.6 cm³/mol. The molecule has 2 aliphatic heterocycles. The Morgan fingerprint density at radius 3 is 2.62 bits per heavy atom. The van der Waals surface area contributed by atoms with Gasteiger partial charge in [-0.25, -0.2) is 0 Å². The molecule has 1 N–H and O–H groups in total. The number of hydrogen-bond acceptors (Lipinski definition) is 4. The standard InChI is InChI=1S/C17H33NO3/c1-5-18-15(13-16(2,3)19-4)14-6-9-21-17(12-14)7-10-20-11-8-17/h14-15,18H,5-13H2,1-4H3. The number of ether oxygens (including phenoxy) is 3. The molecule has 2 heterocycles. The van der Waals surface area contributed by atoms with E-state index < -0.39 is 0 Å². The second kappa shape index (κ2) is 7.40. The van der Waals surface area contributed by atoms with Crippen LogP contribution in [0, 0.1) is 5.92 Å². The lowest BCUT2D eigenvalue weighted by molar-refractivity contribution is -0.152.